The Hall–Kier alpha value is -1.58. The van der Waals surface area contributed by atoms with Crippen LogP contribution in [0.25, 0.3) is 0 Å². The number of rotatable bonds is 3. The Morgan fingerprint density at radius 2 is 1.85 bits per heavy atom. The second-order valence-corrected chi connectivity index (χ2v) is 9.00. The second kappa shape index (κ2) is 5.71. The van der Waals surface area contributed by atoms with Crippen LogP contribution in [0.3, 0.4) is 0 Å². The molecule has 0 radical (unpaired) electrons. The van der Waals surface area contributed by atoms with Gasteiger partial charge in [0.2, 0.25) is 5.91 Å². The fraction of sp³-hybridized carbons (Fsp3) is 0.882. The van der Waals surface area contributed by atoms with E-state index < -0.39 is 0 Å². The molecule has 3 aliphatic heterocycles. The lowest BCUT2D eigenvalue weighted by atomic mass is 9.83. The van der Waals surface area contributed by atoms with E-state index in [9.17, 15) is 4.79 Å². The number of amides is 1. The largest absolute Gasteiger partial charge is 0.379 e. The van der Waals surface area contributed by atoms with Crippen LogP contribution in [-0.4, -0.2) is 86.5 Å². The summed E-state index contributed by atoms with van der Waals surface area (Å²) in [4.78, 5) is 17.3. The first-order valence-electron chi connectivity index (χ1n) is 9.17. The number of hydrogen-bond donors (Lipinski definition) is 0. The molecule has 1 spiro atoms. The Morgan fingerprint density at radius 1 is 1.15 bits per heavy atom. The van der Waals surface area contributed by atoms with Gasteiger partial charge in [-0.1, -0.05) is 0 Å². The Morgan fingerprint density at radius 3 is 2.38 bits per heavy atom. The fourth-order valence-corrected chi connectivity index (χ4v) is 4.46. The monoisotopic (exact) mass is 364 g/mol. The lowest BCUT2D eigenvalue weighted by Gasteiger charge is -2.60. The molecule has 4 heterocycles. The quantitative estimate of drug-likeness (QED) is 0.746. The molecule has 0 saturated carbocycles. The number of tetrazole rings is 1. The zero-order valence-corrected chi connectivity index (χ0v) is 16.2. The number of aryl methyl sites for hydroxylation is 1. The lowest BCUT2D eigenvalue weighted by molar-refractivity contribution is -0.256. The lowest BCUT2D eigenvalue weighted by Crippen LogP contribution is -2.75. The van der Waals surface area contributed by atoms with Crippen molar-refractivity contribution in [3.63, 3.8) is 0 Å². The normalized spacial score (nSPS) is 27.7. The van der Waals surface area contributed by atoms with Gasteiger partial charge in [-0.15, -0.1) is 5.10 Å². The molecule has 26 heavy (non-hydrogen) atoms. The molecule has 1 unspecified atom stereocenters. The highest BCUT2D eigenvalue weighted by molar-refractivity contribution is 5.83. The molecule has 0 bridgehead atoms. The summed E-state index contributed by atoms with van der Waals surface area (Å²) >= 11 is 0. The molecule has 1 aromatic heterocycles. The number of likely N-dealkylation sites (tertiary alicyclic amines) is 1. The highest BCUT2D eigenvalue weighted by atomic mass is 16.5. The standard InChI is InChI=1S/C17H28N6O3/c1-12(13-18-19-20-21(13)5)22-7-17(8-22)9-23(6-15(2,3)26-17)14(24)16(4)10-25-11-16/h12H,6-11H2,1-5H3. The van der Waals surface area contributed by atoms with Gasteiger partial charge in [-0.05, 0) is 38.1 Å². The third kappa shape index (κ3) is 2.82. The highest BCUT2D eigenvalue weighted by Gasteiger charge is 2.56. The van der Waals surface area contributed by atoms with E-state index in [1.807, 2.05) is 18.9 Å². The number of ether oxygens (including phenoxy) is 2. The van der Waals surface area contributed by atoms with Gasteiger partial charge in [0, 0.05) is 26.7 Å². The molecule has 1 amide bonds. The molecule has 0 N–H and O–H groups in total. The highest BCUT2D eigenvalue weighted by Crippen LogP contribution is 2.41. The van der Waals surface area contributed by atoms with Gasteiger partial charge in [-0.3, -0.25) is 9.69 Å². The Balaban J connectivity index is 1.47. The van der Waals surface area contributed by atoms with Crippen LogP contribution in [0, 0.1) is 5.41 Å². The van der Waals surface area contributed by atoms with Gasteiger partial charge in [0.1, 0.15) is 5.60 Å². The van der Waals surface area contributed by atoms with Crippen LogP contribution in [0.1, 0.15) is 39.6 Å². The Kier molecular flexibility index (Phi) is 3.91. The predicted molar refractivity (Wildman–Crippen MR) is 92.2 cm³/mol. The summed E-state index contributed by atoms with van der Waals surface area (Å²) in [5.41, 5.74) is -1.06. The summed E-state index contributed by atoms with van der Waals surface area (Å²) in [7, 11) is 1.85. The maximum atomic E-state index is 13.0. The molecule has 3 aliphatic rings. The van der Waals surface area contributed by atoms with E-state index in [4.69, 9.17) is 9.47 Å². The fourth-order valence-electron chi connectivity index (χ4n) is 4.46. The molecular weight excluding hydrogens is 336 g/mol. The number of carbonyl (C=O) groups excluding carboxylic acids is 1. The van der Waals surface area contributed by atoms with Crippen molar-refractivity contribution in [3.05, 3.63) is 5.82 Å². The van der Waals surface area contributed by atoms with Gasteiger partial charge in [-0.25, -0.2) is 4.68 Å². The van der Waals surface area contributed by atoms with E-state index in [0.717, 1.165) is 18.9 Å². The van der Waals surface area contributed by atoms with Crippen molar-refractivity contribution in [2.45, 2.75) is 44.9 Å². The molecule has 9 heteroatoms. The van der Waals surface area contributed by atoms with Crippen molar-refractivity contribution in [1.29, 1.82) is 0 Å². The molecule has 144 valence electrons. The summed E-state index contributed by atoms with van der Waals surface area (Å²) < 4.78 is 13.4. The van der Waals surface area contributed by atoms with Gasteiger partial charge in [-0.2, -0.15) is 0 Å². The molecule has 1 aromatic rings. The van der Waals surface area contributed by atoms with Gasteiger partial charge in [0.05, 0.1) is 36.8 Å². The van der Waals surface area contributed by atoms with Crippen molar-refractivity contribution in [1.82, 2.24) is 30.0 Å². The third-order valence-electron chi connectivity index (χ3n) is 5.75. The smallest absolute Gasteiger partial charge is 0.233 e. The van der Waals surface area contributed by atoms with Crippen LogP contribution in [0.15, 0.2) is 0 Å². The van der Waals surface area contributed by atoms with Crippen LogP contribution in [0.4, 0.5) is 0 Å². The van der Waals surface area contributed by atoms with E-state index in [2.05, 4.69) is 41.2 Å². The first-order valence-corrected chi connectivity index (χ1v) is 9.17. The molecular formula is C17H28N6O3. The second-order valence-electron chi connectivity index (χ2n) is 9.00. The molecule has 4 rings (SSSR count). The number of hydrogen-bond acceptors (Lipinski definition) is 7. The molecule has 1 atom stereocenters. The predicted octanol–water partition coefficient (Wildman–Crippen LogP) is -0.000600. The number of carbonyl (C=O) groups is 1. The zero-order valence-electron chi connectivity index (χ0n) is 16.2. The van der Waals surface area contributed by atoms with Crippen molar-refractivity contribution in [2.75, 3.05) is 39.4 Å². The summed E-state index contributed by atoms with van der Waals surface area (Å²) in [5, 5.41) is 11.8. The Bertz CT molecular complexity index is 707. The average Bonchev–Trinajstić information content (AvgIpc) is 2.93. The minimum absolute atomic E-state index is 0.107. The average molecular weight is 364 g/mol. The Labute approximate surface area is 153 Å². The first kappa shape index (κ1) is 17.8. The minimum Gasteiger partial charge on any atom is -0.379 e. The van der Waals surface area contributed by atoms with Crippen molar-refractivity contribution >= 4 is 5.91 Å². The third-order valence-corrected chi connectivity index (χ3v) is 5.75. The van der Waals surface area contributed by atoms with E-state index >= 15 is 0 Å². The van der Waals surface area contributed by atoms with Gasteiger partial charge in [0.15, 0.2) is 5.82 Å². The molecule has 0 aromatic carbocycles. The van der Waals surface area contributed by atoms with Crippen molar-refractivity contribution in [3.8, 4) is 0 Å². The number of morpholine rings is 1. The first-order chi connectivity index (χ1) is 12.1. The number of nitrogens with zero attached hydrogens (tertiary/aromatic N) is 6. The van der Waals surface area contributed by atoms with Crippen LogP contribution in [-0.2, 0) is 21.3 Å². The number of aromatic nitrogens is 4. The van der Waals surface area contributed by atoms with Crippen LogP contribution in [0.2, 0.25) is 0 Å². The molecule has 9 nitrogen and oxygen atoms in total. The molecule has 3 fully saturated rings. The van der Waals surface area contributed by atoms with Gasteiger partial charge >= 0.3 is 0 Å². The summed E-state index contributed by atoms with van der Waals surface area (Å²) in [5.74, 6) is 1.02. The summed E-state index contributed by atoms with van der Waals surface area (Å²) in [6.07, 6.45) is 0. The van der Waals surface area contributed by atoms with Gasteiger partial charge in [0.25, 0.3) is 0 Å². The summed E-state index contributed by atoms with van der Waals surface area (Å²) in [6.45, 7) is 12.0. The van der Waals surface area contributed by atoms with Gasteiger partial charge < -0.3 is 14.4 Å². The van der Waals surface area contributed by atoms with Crippen molar-refractivity contribution < 1.29 is 14.3 Å². The van der Waals surface area contributed by atoms with E-state index in [-0.39, 0.29) is 28.6 Å². The summed E-state index contributed by atoms with van der Waals surface area (Å²) in [6, 6.07) is 0.107. The SMILES string of the molecule is CC(c1nnnn1C)N1CC2(CN(C(=O)C3(C)COC3)CC(C)(C)O2)C1. The zero-order chi connectivity index (χ0) is 18.7. The maximum absolute atomic E-state index is 13.0. The topological polar surface area (TPSA) is 85.6 Å². The van der Waals surface area contributed by atoms with E-state index in [1.54, 1.807) is 4.68 Å². The van der Waals surface area contributed by atoms with Crippen LogP contribution in [0.5, 0.6) is 0 Å². The minimum atomic E-state index is -0.379. The van der Waals surface area contributed by atoms with Crippen LogP contribution >= 0.6 is 0 Å². The molecule has 3 saturated heterocycles. The molecule has 0 aliphatic carbocycles. The van der Waals surface area contributed by atoms with E-state index in [0.29, 0.717) is 26.3 Å². The van der Waals surface area contributed by atoms with E-state index in [1.165, 1.54) is 0 Å². The van der Waals surface area contributed by atoms with Crippen molar-refractivity contribution in [2.24, 2.45) is 12.5 Å². The van der Waals surface area contributed by atoms with Crippen LogP contribution < -0.4 is 0 Å². The maximum Gasteiger partial charge on any atom is 0.233 e.